The molecule has 1 heterocycles. The predicted octanol–water partition coefficient (Wildman–Crippen LogP) is 2.57. The third kappa shape index (κ3) is 2.51. The molecular formula is C12H13F5N2. The molecule has 2 rings (SSSR count). The monoisotopic (exact) mass is 280 g/mol. The number of halogens is 5. The second-order valence-electron chi connectivity index (χ2n) is 4.59. The lowest BCUT2D eigenvalue weighted by atomic mass is 10.2. The molecule has 1 aliphatic rings. The molecule has 1 fully saturated rings. The lowest BCUT2D eigenvalue weighted by Gasteiger charge is -2.24. The third-order valence-electron chi connectivity index (χ3n) is 3.22. The Balaban J connectivity index is 2.32. The first-order chi connectivity index (χ1) is 8.93. The Morgan fingerprint density at radius 3 is 2.00 bits per heavy atom. The molecule has 1 aliphatic heterocycles. The van der Waals surface area contributed by atoms with Crippen molar-refractivity contribution in [3.8, 4) is 0 Å². The fourth-order valence-corrected chi connectivity index (χ4v) is 2.26. The molecule has 0 saturated carbocycles. The van der Waals surface area contributed by atoms with Gasteiger partial charge in [0, 0.05) is 19.6 Å². The molecule has 1 atom stereocenters. The van der Waals surface area contributed by atoms with Gasteiger partial charge in [-0.1, -0.05) is 0 Å². The van der Waals surface area contributed by atoms with E-state index in [0.29, 0.717) is 0 Å². The van der Waals surface area contributed by atoms with Crippen LogP contribution >= 0.6 is 0 Å². The van der Waals surface area contributed by atoms with Crippen LogP contribution < -0.4 is 10.2 Å². The van der Waals surface area contributed by atoms with E-state index in [1.54, 1.807) is 0 Å². The van der Waals surface area contributed by atoms with Crippen LogP contribution in [0.1, 0.15) is 12.8 Å². The van der Waals surface area contributed by atoms with Gasteiger partial charge < -0.3 is 10.2 Å². The number of nitrogens with one attached hydrogen (secondary N) is 1. The lowest BCUT2D eigenvalue weighted by Crippen LogP contribution is -2.36. The van der Waals surface area contributed by atoms with Crippen molar-refractivity contribution in [3.05, 3.63) is 29.1 Å². The molecule has 1 aromatic rings. The van der Waals surface area contributed by atoms with Crippen molar-refractivity contribution in [3.63, 3.8) is 0 Å². The van der Waals surface area contributed by atoms with Crippen LogP contribution in [0.3, 0.4) is 0 Å². The van der Waals surface area contributed by atoms with Crippen molar-refractivity contribution in [1.82, 2.24) is 5.32 Å². The van der Waals surface area contributed by atoms with Crippen molar-refractivity contribution in [2.45, 2.75) is 18.9 Å². The van der Waals surface area contributed by atoms with Gasteiger partial charge >= 0.3 is 0 Å². The zero-order chi connectivity index (χ0) is 14.2. The molecule has 2 nitrogen and oxygen atoms in total. The minimum atomic E-state index is -2.13. The van der Waals surface area contributed by atoms with Gasteiger partial charge in [0.1, 0.15) is 5.69 Å². The van der Waals surface area contributed by atoms with E-state index in [9.17, 15) is 22.0 Å². The molecule has 1 unspecified atom stereocenters. The van der Waals surface area contributed by atoms with Gasteiger partial charge in [-0.05, 0) is 19.4 Å². The topological polar surface area (TPSA) is 15.3 Å². The molecule has 0 spiro atoms. The summed E-state index contributed by atoms with van der Waals surface area (Å²) in [6.07, 6.45) is 1.73. The van der Waals surface area contributed by atoms with Gasteiger partial charge in [-0.25, -0.2) is 22.0 Å². The summed E-state index contributed by atoms with van der Waals surface area (Å²) in [6.45, 7) is 0.966. The van der Waals surface area contributed by atoms with Gasteiger partial charge in [-0.2, -0.15) is 0 Å². The van der Waals surface area contributed by atoms with E-state index >= 15 is 0 Å². The van der Waals surface area contributed by atoms with Gasteiger partial charge in [-0.15, -0.1) is 0 Å². The Morgan fingerprint density at radius 2 is 1.53 bits per heavy atom. The van der Waals surface area contributed by atoms with Crippen molar-refractivity contribution < 1.29 is 22.0 Å². The van der Waals surface area contributed by atoms with Crippen LogP contribution in [-0.2, 0) is 0 Å². The highest BCUT2D eigenvalue weighted by Gasteiger charge is 2.29. The number of benzene rings is 1. The fourth-order valence-electron chi connectivity index (χ4n) is 2.26. The van der Waals surface area contributed by atoms with E-state index in [-0.39, 0.29) is 12.6 Å². The molecule has 0 radical (unpaired) electrons. The smallest absolute Gasteiger partial charge is 0.200 e. The Labute approximate surface area is 107 Å². The largest absolute Gasteiger partial charge is 0.368 e. The third-order valence-corrected chi connectivity index (χ3v) is 3.22. The summed E-state index contributed by atoms with van der Waals surface area (Å²) >= 11 is 0. The number of hydrogen-bond donors (Lipinski definition) is 1. The summed E-state index contributed by atoms with van der Waals surface area (Å²) in [4.78, 5) is 1.05. The van der Waals surface area contributed by atoms with Crippen LogP contribution in [-0.4, -0.2) is 26.2 Å². The highest BCUT2D eigenvalue weighted by molar-refractivity contribution is 5.50. The van der Waals surface area contributed by atoms with Gasteiger partial charge in [0.25, 0.3) is 0 Å². The molecule has 7 heteroatoms. The Bertz CT molecular complexity index is 456. The van der Waals surface area contributed by atoms with E-state index in [1.165, 1.54) is 7.05 Å². The van der Waals surface area contributed by atoms with Gasteiger partial charge in [0.2, 0.25) is 5.82 Å². The number of nitrogens with zero attached hydrogens (tertiary/aromatic N) is 1. The van der Waals surface area contributed by atoms with Crippen molar-refractivity contribution in [2.24, 2.45) is 0 Å². The van der Waals surface area contributed by atoms with Crippen LogP contribution in [0.5, 0.6) is 0 Å². The maximum Gasteiger partial charge on any atom is 0.200 e. The van der Waals surface area contributed by atoms with Crippen molar-refractivity contribution in [2.75, 3.05) is 25.0 Å². The number of hydrogen-bond acceptors (Lipinski definition) is 2. The first-order valence-corrected chi connectivity index (χ1v) is 5.89. The van der Waals surface area contributed by atoms with E-state index in [1.807, 2.05) is 0 Å². The average Bonchev–Trinajstić information content (AvgIpc) is 2.87. The number of anilines is 1. The molecular weight excluding hydrogens is 267 g/mol. The van der Waals surface area contributed by atoms with E-state index in [4.69, 9.17) is 0 Å². The van der Waals surface area contributed by atoms with Gasteiger partial charge in [0.15, 0.2) is 23.3 Å². The summed E-state index contributed by atoms with van der Waals surface area (Å²) in [5, 5.41) is 3.09. The summed E-state index contributed by atoms with van der Waals surface area (Å²) < 4.78 is 66.1. The minimum Gasteiger partial charge on any atom is -0.368 e. The molecule has 1 aromatic carbocycles. The molecule has 0 amide bonds. The summed E-state index contributed by atoms with van der Waals surface area (Å²) in [7, 11) is 1.30. The first kappa shape index (κ1) is 14.0. The molecule has 0 aromatic heterocycles. The molecule has 0 bridgehead atoms. The minimum absolute atomic E-state index is 0.0139. The zero-order valence-electron chi connectivity index (χ0n) is 10.2. The van der Waals surface area contributed by atoms with Crippen LogP contribution in [0.2, 0.25) is 0 Å². The molecule has 106 valence electrons. The van der Waals surface area contributed by atoms with Crippen molar-refractivity contribution >= 4 is 5.69 Å². The normalized spacial score (nSPS) is 18.9. The summed E-state index contributed by atoms with van der Waals surface area (Å²) in [5.41, 5.74) is -0.884. The highest BCUT2D eigenvalue weighted by atomic mass is 19.2. The Kier molecular flexibility index (Phi) is 3.93. The lowest BCUT2D eigenvalue weighted by molar-refractivity contribution is 0.378. The summed E-state index contributed by atoms with van der Waals surface area (Å²) in [5.74, 6) is -9.56. The zero-order valence-corrected chi connectivity index (χ0v) is 10.2. The summed E-state index contributed by atoms with van der Waals surface area (Å²) in [6, 6.07) is -0.0139. The number of likely N-dealkylation sites (N-methyl/N-ethyl adjacent to an activating group) is 1. The van der Waals surface area contributed by atoms with Crippen LogP contribution in [0.15, 0.2) is 0 Å². The van der Waals surface area contributed by atoms with E-state index < -0.39 is 34.8 Å². The maximum atomic E-state index is 13.5. The number of rotatable bonds is 3. The highest BCUT2D eigenvalue weighted by Crippen LogP contribution is 2.29. The fraction of sp³-hybridized carbons (Fsp3) is 0.500. The standard InChI is InChI=1S/C12H13F5N2/c1-19(5-6-3-2-4-18-6)12-10(16)8(14)7(13)9(15)11(12)17/h6,18H,2-5H2,1H3. The SMILES string of the molecule is CN(CC1CCCN1)c1c(F)c(F)c(F)c(F)c1F. The first-order valence-electron chi connectivity index (χ1n) is 5.89. The van der Waals surface area contributed by atoms with Gasteiger partial charge in [0.05, 0.1) is 0 Å². The Morgan fingerprint density at radius 1 is 1.00 bits per heavy atom. The van der Waals surface area contributed by atoms with Crippen LogP contribution in [0.4, 0.5) is 27.6 Å². The van der Waals surface area contributed by atoms with E-state index in [0.717, 1.165) is 24.3 Å². The van der Waals surface area contributed by atoms with Crippen LogP contribution in [0.25, 0.3) is 0 Å². The molecule has 19 heavy (non-hydrogen) atoms. The Hall–Kier alpha value is -1.37. The second kappa shape index (κ2) is 5.32. The quantitative estimate of drug-likeness (QED) is 0.520. The average molecular weight is 280 g/mol. The molecule has 1 saturated heterocycles. The van der Waals surface area contributed by atoms with Crippen molar-refractivity contribution in [1.29, 1.82) is 0 Å². The van der Waals surface area contributed by atoms with Gasteiger partial charge in [-0.3, -0.25) is 0 Å². The molecule has 0 aliphatic carbocycles. The maximum absolute atomic E-state index is 13.5. The molecule has 1 N–H and O–H groups in total. The second-order valence-corrected chi connectivity index (χ2v) is 4.59. The van der Waals surface area contributed by atoms with E-state index in [2.05, 4.69) is 5.32 Å². The van der Waals surface area contributed by atoms with Crippen LogP contribution in [0, 0.1) is 29.1 Å². The predicted molar refractivity (Wildman–Crippen MR) is 60.5 cm³/mol.